The first-order valence-electron chi connectivity index (χ1n) is 12.3. The molecule has 0 saturated carbocycles. The zero-order valence-electron chi connectivity index (χ0n) is 21.2. The summed E-state index contributed by atoms with van der Waals surface area (Å²) in [6, 6.07) is 19.5. The van der Waals surface area contributed by atoms with Crippen molar-refractivity contribution >= 4 is 70.0 Å². The smallest absolute Gasteiger partial charge is 0.243 e. The number of hydrogen-bond donors (Lipinski definition) is 1. The standard InChI is InChI=1S/C29H30Cl4N2O2S/c1-3-19(2)34-29(37)27(14-20-7-5-4-6-8-20)35(16-22-10-11-23(30)15-25(22)32)28(36)18-38-17-21-9-12-24(31)26(33)13-21/h4-13,15,19,27H,3,14,16-18H2,1-2H3,(H,34,37)/t19-,27-/m1/s1. The van der Waals surface area contributed by atoms with Gasteiger partial charge in [0.15, 0.2) is 0 Å². The largest absolute Gasteiger partial charge is 0.352 e. The highest BCUT2D eigenvalue weighted by Crippen LogP contribution is 2.27. The molecule has 0 unspecified atom stereocenters. The third-order valence-corrected chi connectivity index (χ3v) is 8.42. The van der Waals surface area contributed by atoms with Crippen molar-refractivity contribution in [3.05, 3.63) is 104 Å². The third kappa shape index (κ3) is 9.10. The summed E-state index contributed by atoms with van der Waals surface area (Å²) in [5.74, 6) is 0.381. The van der Waals surface area contributed by atoms with Crippen molar-refractivity contribution in [3.63, 3.8) is 0 Å². The molecule has 3 aromatic rings. The number of carbonyl (C=O) groups excluding carboxylic acids is 2. The van der Waals surface area contributed by atoms with Crippen LogP contribution < -0.4 is 5.32 Å². The maximum Gasteiger partial charge on any atom is 0.243 e. The van der Waals surface area contributed by atoms with E-state index < -0.39 is 6.04 Å². The Hall–Kier alpha value is -1.89. The molecule has 0 aliphatic rings. The highest BCUT2D eigenvalue weighted by atomic mass is 35.5. The van der Waals surface area contributed by atoms with Gasteiger partial charge in [0, 0.05) is 34.8 Å². The van der Waals surface area contributed by atoms with Gasteiger partial charge in [-0.2, -0.15) is 0 Å². The summed E-state index contributed by atoms with van der Waals surface area (Å²) in [5.41, 5.74) is 2.63. The Bertz CT molecular complexity index is 1240. The minimum atomic E-state index is -0.726. The number of carbonyl (C=O) groups is 2. The highest BCUT2D eigenvalue weighted by Gasteiger charge is 2.31. The lowest BCUT2D eigenvalue weighted by molar-refractivity contribution is -0.139. The van der Waals surface area contributed by atoms with Gasteiger partial charge >= 0.3 is 0 Å². The molecule has 4 nitrogen and oxygen atoms in total. The van der Waals surface area contributed by atoms with Crippen molar-refractivity contribution in [2.75, 3.05) is 5.75 Å². The van der Waals surface area contributed by atoms with Gasteiger partial charge in [-0.15, -0.1) is 11.8 Å². The van der Waals surface area contributed by atoms with E-state index in [1.54, 1.807) is 35.2 Å². The monoisotopic (exact) mass is 610 g/mol. The number of thioether (sulfide) groups is 1. The van der Waals surface area contributed by atoms with Gasteiger partial charge in [-0.3, -0.25) is 9.59 Å². The molecule has 1 N–H and O–H groups in total. The van der Waals surface area contributed by atoms with E-state index >= 15 is 0 Å². The number of halogens is 4. The average molecular weight is 612 g/mol. The van der Waals surface area contributed by atoms with Crippen LogP contribution in [0.3, 0.4) is 0 Å². The topological polar surface area (TPSA) is 49.4 Å². The van der Waals surface area contributed by atoms with E-state index in [1.807, 2.05) is 50.2 Å². The van der Waals surface area contributed by atoms with Crippen molar-refractivity contribution in [3.8, 4) is 0 Å². The SMILES string of the molecule is CC[C@@H](C)NC(=O)[C@@H](Cc1ccccc1)N(Cc1ccc(Cl)cc1Cl)C(=O)CSCc1ccc(Cl)c(Cl)c1. The Kier molecular flexibility index (Phi) is 12.1. The Morgan fingerprint density at radius 2 is 1.63 bits per heavy atom. The van der Waals surface area contributed by atoms with E-state index in [2.05, 4.69) is 5.32 Å². The van der Waals surface area contributed by atoms with Crippen molar-refractivity contribution in [2.45, 2.75) is 51.1 Å². The molecule has 9 heteroatoms. The van der Waals surface area contributed by atoms with Crippen molar-refractivity contribution in [1.82, 2.24) is 10.2 Å². The maximum atomic E-state index is 13.7. The summed E-state index contributed by atoms with van der Waals surface area (Å²) in [7, 11) is 0. The van der Waals surface area contributed by atoms with Crippen molar-refractivity contribution in [1.29, 1.82) is 0 Å². The van der Waals surface area contributed by atoms with E-state index in [-0.39, 0.29) is 30.2 Å². The normalized spacial score (nSPS) is 12.6. The summed E-state index contributed by atoms with van der Waals surface area (Å²) >= 11 is 26.2. The van der Waals surface area contributed by atoms with E-state index in [0.29, 0.717) is 37.8 Å². The van der Waals surface area contributed by atoms with Gasteiger partial charge in [-0.05, 0) is 54.3 Å². The van der Waals surface area contributed by atoms with Gasteiger partial charge in [-0.1, -0.05) is 95.8 Å². The molecule has 0 heterocycles. The molecule has 38 heavy (non-hydrogen) atoms. The first kappa shape index (κ1) is 30.6. The lowest BCUT2D eigenvalue weighted by Crippen LogP contribution is -2.52. The van der Waals surface area contributed by atoms with Crippen molar-refractivity contribution < 1.29 is 9.59 Å². The summed E-state index contributed by atoms with van der Waals surface area (Å²) in [6.07, 6.45) is 1.15. The molecule has 0 bridgehead atoms. The number of hydrogen-bond acceptors (Lipinski definition) is 3. The van der Waals surface area contributed by atoms with Gasteiger partial charge in [-0.25, -0.2) is 0 Å². The first-order valence-corrected chi connectivity index (χ1v) is 14.9. The molecule has 2 amide bonds. The first-order chi connectivity index (χ1) is 18.2. The molecular formula is C29H30Cl4N2O2S. The fourth-order valence-electron chi connectivity index (χ4n) is 3.80. The van der Waals surface area contributed by atoms with Crippen LogP contribution in [0.4, 0.5) is 0 Å². The van der Waals surface area contributed by atoms with Crippen LogP contribution in [0, 0.1) is 0 Å². The van der Waals surface area contributed by atoms with Gasteiger partial charge in [0.2, 0.25) is 11.8 Å². The summed E-state index contributed by atoms with van der Waals surface area (Å²) in [4.78, 5) is 28.9. The predicted molar refractivity (Wildman–Crippen MR) is 161 cm³/mol. The Balaban J connectivity index is 1.88. The molecule has 0 aromatic heterocycles. The minimum absolute atomic E-state index is 0.0270. The van der Waals surface area contributed by atoms with Crippen LogP contribution in [-0.4, -0.2) is 34.6 Å². The minimum Gasteiger partial charge on any atom is -0.352 e. The predicted octanol–water partition coefficient (Wildman–Crippen LogP) is 8.09. The number of nitrogens with zero attached hydrogens (tertiary/aromatic N) is 1. The maximum absolute atomic E-state index is 13.7. The zero-order valence-corrected chi connectivity index (χ0v) is 25.1. The van der Waals surface area contributed by atoms with Crippen LogP contribution in [0.25, 0.3) is 0 Å². The molecule has 0 radical (unpaired) electrons. The molecule has 0 aliphatic heterocycles. The number of rotatable bonds is 12. The Labute approximate surface area is 249 Å². The summed E-state index contributed by atoms with van der Waals surface area (Å²) in [5, 5.41) is 4.97. The lowest BCUT2D eigenvalue weighted by Gasteiger charge is -2.32. The third-order valence-electron chi connectivity index (χ3n) is 6.11. The van der Waals surface area contributed by atoms with E-state index in [9.17, 15) is 9.59 Å². The second-order valence-corrected chi connectivity index (χ2v) is 11.7. The van der Waals surface area contributed by atoms with Crippen LogP contribution in [0.5, 0.6) is 0 Å². The van der Waals surface area contributed by atoms with Crippen LogP contribution in [0.15, 0.2) is 66.7 Å². The molecule has 2 atom stereocenters. The number of benzene rings is 3. The molecule has 3 rings (SSSR count). The molecular weight excluding hydrogens is 582 g/mol. The average Bonchev–Trinajstić information content (AvgIpc) is 2.89. The number of amides is 2. The lowest BCUT2D eigenvalue weighted by atomic mass is 10.0. The van der Waals surface area contributed by atoms with E-state index in [1.165, 1.54) is 11.8 Å². The molecule has 0 saturated heterocycles. The van der Waals surface area contributed by atoms with Gasteiger partial charge in [0.05, 0.1) is 15.8 Å². The van der Waals surface area contributed by atoms with Gasteiger partial charge in [0.25, 0.3) is 0 Å². The fraction of sp³-hybridized carbons (Fsp3) is 0.310. The molecule has 202 valence electrons. The van der Waals surface area contributed by atoms with E-state index in [4.69, 9.17) is 46.4 Å². The summed E-state index contributed by atoms with van der Waals surface area (Å²) < 4.78 is 0. The van der Waals surface area contributed by atoms with Gasteiger partial charge < -0.3 is 10.2 Å². The van der Waals surface area contributed by atoms with Crippen LogP contribution in [0.1, 0.15) is 37.0 Å². The molecule has 0 fully saturated rings. The fourth-order valence-corrected chi connectivity index (χ4v) is 5.44. The van der Waals surface area contributed by atoms with Crippen LogP contribution in [0.2, 0.25) is 20.1 Å². The molecule has 3 aromatic carbocycles. The van der Waals surface area contributed by atoms with E-state index in [0.717, 1.165) is 17.5 Å². The van der Waals surface area contributed by atoms with Gasteiger partial charge in [0.1, 0.15) is 6.04 Å². The molecule has 0 spiro atoms. The van der Waals surface area contributed by atoms with Crippen LogP contribution in [-0.2, 0) is 28.3 Å². The highest BCUT2D eigenvalue weighted by molar-refractivity contribution is 7.99. The second-order valence-electron chi connectivity index (χ2n) is 9.02. The number of nitrogens with one attached hydrogen (secondary N) is 1. The zero-order chi connectivity index (χ0) is 27.7. The van der Waals surface area contributed by atoms with Crippen LogP contribution >= 0.6 is 58.2 Å². The summed E-state index contributed by atoms with van der Waals surface area (Å²) in [6.45, 7) is 4.13. The Morgan fingerprint density at radius 1 is 0.895 bits per heavy atom. The quantitative estimate of drug-likeness (QED) is 0.225. The second kappa shape index (κ2) is 15.0. The van der Waals surface area contributed by atoms with Crippen molar-refractivity contribution in [2.24, 2.45) is 0 Å². The Morgan fingerprint density at radius 3 is 2.29 bits per heavy atom. The molecule has 0 aliphatic carbocycles.